The molecule has 2 aromatic carbocycles. The molecule has 5 heteroatoms. The Bertz CT molecular complexity index is 746. The summed E-state index contributed by atoms with van der Waals surface area (Å²) in [7, 11) is 0. The lowest BCUT2D eigenvalue weighted by atomic mass is 10.1. The zero-order chi connectivity index (χ0) is 12.2. The predicted octanol–water partition coefficient (Wildman–Crippen LogP) is 3.79. The van der Waals surface area contributed by atoms with Crippen LogP contribution in [0.2, 0.25) is 10.0 Å². The van der Waals surface area contributed by atoms with E-state index >= 15 is 0 Å². The van der Waals surface area contributed by atoms with E-state index in [1.54, 1.807) is 0 Å². The fourth-order valence-electron chi connectivity index (χ4n) is 2.05. The van der Waals surface area contributed by atoms with E-state index in [4.69, 9.17) is 34.7 Å². The lowest BCUT2D eigenvalue weighted by Crippen LogP contribution is -1.97. The predicted molar refractivity (Wildman–Crippen MR) is 74.6 cm³/mol. The first-order valence-corrected chi connectivity index (χ1v) is 5.79. The number of anilines is 2. The zero-order valence-corrected chi connectivity index (χ0v) is 10.2. The normalized spacial score (nSPS) is 11.4. The average Bonchev–Trinajstić information content (AvgIpc) is 2.73. The molecule has 0 amide bonds. The number of nitrogens with two attached hydrogens (primary N) is 2. The molecule has 0 bridgehead atoms. The van der Waals surface area contributed by atoms with E-state index < -0.39 is 0 Å². The fourth-order valence-corrected chi connectivity index (χ4v) is 2.55. The van der Waals surface area contributed by atoms with Crippen LogP contribution in [0.4, 0.5) is 11.4 Å². The maximum atomic E-state index is 6.24. The van der Waals surface area contributed by atoms with Gasteiger partial charge in [0.15, 0.2) is 0 Å². The molecule has 5 N–H and O–H groups in total. The third kappa shape index (κ3) is 1.30. The van der Waals surface area contributed by atoms with Crippen molar-refractivity contribution in [1.29, 1.82) is 0 Å². The number of hydrogen-bond acceptors (Lipinski definition) is 2. The highest BCUT2D eigenvalue weighted by atomic mass is 35.5. The molecule has 0 saturated heterocycles. The molecule has 3 rings (SSSR count). The summed E-state index contributed by atoms with van der Waals surface area (Å²) >= 11 is 12.3. The number of hydrogen-bond donors (Lipinski definition) is 3. The van der Waals surface area contributed by atoms with E-state index in [1.165, 1.54) is 0 Å². The lowest BCUT2D eigenvalue weighted by molar-refractivity contribution is 1.54. The van der Waals surface area contributed by atoms with Crippen LogP contribution >= 0.6 is 23.2 Å². The van der Waals surface area contributed by atoms with Crippen molar-refractivity contribution in [3.05, 3.63) is 34.3 Å². The van der Waals surface area contributed by atoms with Gasteiger partial charge in [-0.15, -0.1) is 0 Å². The molecule has 1 aromatic heterocycles. The largest absolute Gasteiger partial charge is 0.396 e. The van der Waals surface area contributed by atoms with Crippen LogP contribution in [0.1, 0.15) is 0 Å². The SMILES string of the molecule is Nc1c(Cl)c(Cl)c2c([nH]c3ccccc32)c1N. The van der Waals surface area contributed by atoms with Gasteiger partial charge in [0, 0.05) is 16.3 Å². The summed E-state index contributed by atoms with van der Waals surface area (Å²) in [4.78, 5) is 3.21. The first-order chi connectivity index (χ1) is 8.11. The monoisotopic (exact) mass is 265 g/mol. The minimum absolute atomic E-state index is 0.307. The average molecular weight is 266 g/mol. The molecule has 0 spiro atoms. The summed E-state index contributed by atoms with van der Waals surface area (Å²) in [5, 5.41) is 2.55. The molecule has 1 heterocycles. The summed E-state index contributed by atoms with van der Waals surface area (Å²) in [5.41, 5.74) is 14.2. The second-order valence-electron chi connectivity index (χ2n) is 3.88. The smallest absolute Gasteiger partial charge is 0.0850 e. The van der Waals surface area contributed by atoms with E-state index in [-0.39, 0.29) is 0 Å². The summed E-state index contributed by atoms with van der Waals surface area (Å²) in [6.07, 6.45) is 0. The fraction of sp³-hybridized carbons (Fsp3) is 0. The molecule has 0 radical (unpaired) electrons. The topological polar surface area (TPSA) is 67.8 Å². The third-order valence-corrected chi connectivity index (χ3v) is 3.78. The van der Waals surface area contributed by atoms with Crippen LogP contribution in [0.3, 0.4) is 0 Å². The summed E-state index contributed by atoms with van der Waals surface area (Å²) < 4.78 is 0. The van der Waals surface area contributed by atoms with Gasteiger partial charge >= 0.3 is 0 Å². The highest BCUT2D eigenvalue weighted by Crippen LogP contribution is 2.43. The molecule has 0 unspecified atom stereocenters. The van der Waals surface area contributed by atoms with Crippen LogP contribution in [0.15, 0.2) is 24.3 Å². The van der Waals surface area contributed by atoms with Gasteiger partial charge in [-0.05, 0) is 6.07 Å². The number of aromatic amines is 1. The first-order valence-electron chi connectivity index (χ1n) is 5.03. The van der Waals surface area contributed by atoms with Crippen LogP contribution < -0.4 is 11.5 Å². The molecule has 0 saturated carbocycles. The molecule has 0 aliphatic carbocycles. The number of nitrogens with one attached hydrogen (secondary N) is 1. The van der Waals surface area contributed by atoms with Gasteiger partial charge in [0.2, 0.25) is 0 Å². The molecular weight excluding hydrogens is 257 g/mol. The Morgan fingerprint density at radius 2 is 1.65 bits per heavy atom. The van der Waals surface area contributed by atoms with Crippen molar-refractivity contribution in [2.24, 2.45) is 0 Å². The van der Waals surface area contributed by atoms with Crippen molar-refractivity contribution in [3.8, 4) is 0 Å². The minimum Gasteiger partial charge on any atom is -0.396 e. The van der Waals surface area contributed by atoms with Crippen molar-refractivity contribution in [2.45, 2.75) is 0 Å². The Morgan fingerprint density at radius 1 is 0.941 bits per heavy atom. The van der Waals surface area contributed by atoms with Gasteiger partial charge in [0.05, 0.1) is 26.9 Å². The standard InChI is InChI=1S/C12H9Cl2N3/c13-8-7-5-3-1-2-4-6(5)17-12(7)11(16)10(15)9(8)14/h1-4,17H,15-16H2. The van der Waals surface area contributed by atoms with Crippen LogP contribution in [-0.4, -0.2) is 4.98 Å². The Hall–Kier alpha value is -1.58. The van der Waals surface area contributed by atoms with E-state index in [9.17, 15) is 0 Å². The Morgan fingerprint density at radius 3 is 2.41 bits per heavy atom. The van der Waals surface area contributed by atoms with E-state index in [2.05, 4.69) is 4.98 Å². The zero-order valence-electron chi connectivity index (χ0n) is 8.72. The van der Waals surface area contributed by atoms with E-state index in [1.807, 2.05) is 24.3 Å². The van der Waals surface area contributed by atoms with Gasteiger partial charge < -0.3 is 16.5 Å². The molecule has 0 atom stereocenters. The van der Waals surface area contributed by atoms with Gasteiger partial charge in [0.25, 0.3) is 0 Å². The maximum absolute atomic E-state index is 6.24. The number of rotatable bonds is 0. The van der Waals surface area contributed by atoms with Crippen molar-refractivity contribution < 1.29 is 0 Å². The second kappa shape index (κ2) is 3.45. The molecule has 17 heavy (non-hydrogen) atoms. The first kappa shape index (κ1) is 10.6. The summed E-state index contributed by atoms with van der Waals surface area (Å²) in [6, 6.07) is 7.79. The molecule has 3 aromatic rings. The van der Waals surface area contributed by atoms with E-state index in [0.29, 0.717) is 21.4 Å². The van der Waals surface area contributed by atoms with Crippen LogP contribution in [0.25, 0.3) is 21.8 Å². The number of para-hydroxylation sites is 1. The Balaban J connectivity index is 2.67. The minimum atomic E-state index is 0.307. The molecule has 86 valence electrons. The van der Waals surface area contributed by atoms with Gasteiger partial charge in [-0.1, -0.05) is 41.4 Å². The quantitative estimate of drug-likeness (QED) is 0.542. The van der Waals surface area contributed by atoms with Crippen LogP contribution in [-0.2, 0) is 0 Å². The highest BCUT2D eigenvalue weighted by Gasteiger charge is 2.17. The number of aromatic nitrogens is 1. The molecular formula is C12H9Cl2N3. The highest BCUT2D eigenvalue weighted by molar-refractivity contribution is 6.49. The van der Waals surface area contributed by atoms with Crippen molar-refractivity contribution in [3.63, 3.8) is 0 Å². The summed E-state index contributed by atoms with van der Waals surface area (Å²) in [6.45, 7) is 0. The van der Waals surface area contributed by atoms with Crippen molar-refractivity contribution in [2.75, 3.05) is 11.5 Å². The van der Waals surface area contributed by atoms with Crippen molar-refractivity contribution in [1.82, 2.24) is 4.98 Å². The molecule has 3 nitrogen and oxygen atoms in total. The number of nitrogen functional groups attached to an aromatic ring is 2. The second-order valence-corrected chi connectivity index (χ2v) is 4.63. The van der Waals surface area contributed by atoms with Gasteiger partial charge in [-0.25, -0.2) is 0 Å². The van der Waals surface area contributed by atoms with Crippen molar-refractivity contribution >= 4 is 56.4 Å². The number of H-pyrrole nitrogens is 1. The Labute approximate surface area is 107 Å². The molecule has 0 aliphatic rings. The number of benzene rings is 2. The molecule has 0 aliphatic heterocycles. The van der Waals surface area contributed by atoms with Gasteiger partial charge in [-0.2, -0.15) is 0 Å². The number of fused-ring (bicyclic) bond motifs is 3. The van der Waals surface area contributed by atoms with Crippen LogP contribution in [0.5, 0.6) is 0 Å². The van der Waals surface area contributed by atoms with Gasteiger partial charge in [-0.3, -0.25) is 0 Å². The van der Waals surface area contributed by atoms with Gasteiger partial charge in [0.1, 0.15) is 0 Å². The molecule has 0 fully saturated rings. The Kier molecular flexibility index (Phi) is 2.15. The third-order valence-electron chi connectivity index (χ3n) is 2.91. The summed E-state index contributed by atoms with van der Waals surface area (Å²) in [5.74, 6) is 0. The maximum Gasteiger partial charge on any atom is 0.0850 e. The van der Waals surface area contributed by atoms with Crippen LogP contribution in [0, 0.1) is 0 Å². The lowest BCUT2D eigenvalue weighted by Gasteiger charge is -2.07. The van der Waals surface area contributed by atoms with E-state index in [0.717, 1.165) is 21.8 Å². The number of halogens is 2.